The van der Waals surface area contributed by atoms with Crippen molar-refractivity contribution in [1.29, 1.82) is 0 Å². The van der Waals surface area contributed by atoms with Gasteiger partial charge in [0.25, 0.3) is 0 Å². The minimum Gasteiger partial charge on any atom is -0.377 e. The predicted molar refractivity (Wildman–Crippen MR) is 71.2 cm³/mol. The van der Waals surface area contributed by atoms with Crippen molar-refractivity contribution in [3.63, 3.8) is 0 Å². The van der Waals surface area contributed by atoms with E-state index >= 15 is 0 Å². The van der Waals surface area contributed by atoms with Crippen molar-refractivity contribution < 1.29 is 22.9 Å². The smallest absolute Gasteiger partial charge is 0.377 e. The Hall–Kier alpha value is -0.603. The summed E-state index contributed by atoms with van der Waals surface area (Å²) in [5, 5.41) is 0. The second-order valence-electron chi connectivity index (χ2n) is 3.45. The molecule has 0 saturated carbocycles. The lowest BCUT2D eigenvalue weighted by Crippen LogP contribution is -2.42. The molecule has 0 aromatic rings. The van der Waals surface area contributed by atoms with Gasteiger partial charge in [-0.2, -0.15) is 0 Å². The van der Waals surface area contributed by atoms with Gasteiger partial charge in [-0.1, -0.05) is 0 Å². The van der Waals surface area contributed by atoms with Crippen LogP contribution in [0.3, 0.4) is 0 Å². The SMILES string of the molecule is CO[Si](CCCN)(OC)OC.O=CCCCC=O. The topological polar surface area (TPSA) is 87.8 Å². The van der Waals surface area contributed by atoms with E-state index < -0.39 is 8.80 Å². The number of nitrogens with two attached hydrogens (primary N) is 1. The maximum Gasteiger partial charge on any atom is 0.500 e. The number of hydrogen-bond donors (Lipinski definition) is 1. The molecule has 0 aliphatic rings. The molecule has 0 aliphatic heterocycles. The van der Waals surface area contributed by atoms with Crippen molar-refractivity contribution in [2.75, 3.05) is 27.9 Å². The first-order valence-corrected chi connectivity index (χ1v) is 7.82. The van der Waals surface area contributed by atoms with Gasteiger partial charge >= 0.3 is 8.80 Å². The van der Waals surface area contributed by atoms with Crippen molar-refractivity contribution in [2.24, 2.45) is 5.73 Å². The molecule has 2 N–H and O–H groups in total. The zero-order valence-corrected chi connectivity index (χ0v) is 12.5. The minimum atomic E-state index is -2.32. The Labute approximate surface area is 110 Å². The van der Waals surface area contributed by atoms with Gasteiger partial charge in [-0.3, -0.25) is 0 Å². The van der Waals surface area contributed by atoms with Crippen molar-refractivity contribution in [3.05, 3.63) is 0 Å². The van der Waals surface area contributed by atoms with Crippen LogP contribution in [0.1, 0.15) is 25.7 Å². The summed E-state index contributed by atoms with van der Waals surface area (Å²) in [6.45, 7) is 0.644. The van der Waals surface area contributed by atoms with Crippen LogP contribution in [0.4, 0.5) is 0 Å². The highest BCUT2D eigenvalue weighted by atomic mass is 28.4. The van der Waals surface area contributed by atoms with Crippen molar-refractivity contribution >= 4 is 21.4 Å². The van der Waals surface area contributed by atoms with Crippen molar-refractivity contribution in [2.45, 2.75) is 31.7 Å². The molecular weight excluding hydrogens is 254 g/mol. The number of aldehydes is 2. The number of carbonyl (C=O) groups excluding carboxylic acids is 2. The first-order valence-electron chi connectivity index (χ1n) is 5.89. The van der Waals surface area contributed by atoms with Gasteiger partial charge in [-0.15, -0.1) is 0 Å². The van der Waals surface area contributed by atoms with Crippen molar-refractivity contribution in [1.82, 2.24) is 0 Å². The monoisotopic (exact) mass is 279 g/mol. The fourth-order valence-electron chi connectivity index (χ4n) is 1.16. The van der Waals surface area contributed by atoms with Crippen LogP contribution in [0.25, 0.3) is 0 Å². The average molecular weight is 279 g/mol. The fraction of sp³-hybridized carbons (Fsp3) is 0.818. The number of carbonyl (C=O) groups is 2. The molecule has 0 spiro atoms. The first-order chi connectivity index (χ1) is 8.66. The lowest BCUT2D eigenvalue weighted by atomic mass is 10.3. The molecule has 0 aromatic carbocycles. The molecule has 7 heteroatoms. The van der Waals surface area contributed by atoms with Crippen LogP contribution in [0.2, 0.25) is 6.04 Å². The quantitative estimate of drug-likeness (QED) is 0.361. The van der Waals surface area contributed by atoms with Crippen LogP contribution < -0.4 is 5.73 Å². The molecule has 0 unspecified atom stereocenters. The van der Waals surface area contributed by atoms with Crippen LogP contribution >= 0.6 is 0 Å². The van der Waals surface area contributed by atoms with Crippen LogP contribution in [0.5, 0.6) is 0 Å². The third-order valence-electron chi connectivity index (χ3n) is 2.26. The van der Waals surface area contributed by atoms with E-state index in [-0.39, 0.29) is 0 Å². The van der Waals surface area contributed by atoms with Gasteiger partial charge in [-0.25, -0.2) is 0 Å². The molecule has 0 heterocycles. The Bertz CT molecular complexity index is 184. The standard InChI is InChI=1S/C6H17NO3Si.C5H8O2/c1-8-11(9-2,10-3)6-4-5-7;6-4-2-1-3-5-7/h4-7H2,1-3H3;4-5H,1-3H2. The molecule has 0 bridgehead atoms. The molecule has 0 aliphatic carbocycles. The fourth-order valence-corrected chi connectivity index (χ4v) is 2.91. The number of hydrogen-bond acceptors (Lipinski definition) is 6. The van der Waals surface area contributed by atoms with E-state index in [4.69, 9.17) is 19.0 Å². The summed E-state index contributed by atoms with van der Waals surface area (Å²) in [6.07, 6.45) is 4.25. The predicted octanol–water partition coefficient (Wildman–Crippen LogP) is 0.768. The van der Waals surface area contributed by atoms with Gasteiger partial charge in [0.2, 0.25) is 0 Å². The normalized spacial score (nSPS) is 10.4. The lowest BCUT2D eigenvalue weighted by molar-refractivity contribution is -0.108. The minimum absolute atomic E-state index is 0.513. The third-order valence-corrected chi connectivity index (χ3v) is 5.10. The van der Waals surface area contributed by atoms with Gasteiger partial charge in [-0.05, 0) is 19.4 Å². The van der Waals surface area contributed by atoms with Crippen LogP contribution in [-0.2, 0) is 22.9 Å². The van der Waals surface area contributed by atoms with Crippen molar-refractivity contribution in [3.8, 4) is 0 Å². The summed E-state index contributed by atoms with van der Waals surface area (Å²) < 4.78 is 15.5. The maximum absolute atomic E-state index is 9.56. The summed E-state index contributed by atoms with van der Waals surface area (Å²) in [6, 6.07) is 0.785. The molecule has 108 valence electrons. The zero-order valence-electron chi connectivity index (χ0n) is 11.5. The average Bonchev–Trinajstić information content (AvgIpc) is 2.42. The lowest BCUT2D eigenvalue weighted by Gasteiger charge is -2.23. The molecule has 6 nitrogen and oxygen atoms in total. The van der Waals surface area contributed by atoms with E-state index in [1.54, 1.807) is 21.3 Å². The van der Waals surface area contributed by atoms with E-state index in [0.29, 0.717) is 25.8 Å². The summed E-state index contributed by atoms with van der Waals surface area (Å²) in [7, 11) is 2.50. The molecule has 0 amide bonds. The molecule has 0 aromatic heterocycles. The molecular formula is C11H25NO5Si. The number of rotatable bonds is 10. The summed E-state index contributed by atoms with van der Waals surface area (Å²) in [4.78, 5) is 19.1. The zero-order chi connectivity index (χ0) is 14.3. The van der Waals surface area contributed by atoms with Gasteiger partial charge in [0, 0.05) is 40.2 Å². The molecule has 18 heavy (non-hydrogen) atoms. The van der Waals surface area contributed by atoms with E-state index in [1.165, 1.54) is 0 Å². The molecule has 0 fully saturated rings. The van der Waals surface area contributed by atoms with E-state index in [9.17, 15) is 9.59 Å². The Balaban J connectivity index is 0. The molecule has 0 atom stereocenters. The molecule has 0 rings (SSSR count). The Morgan fingerprint density at radius 3 is 1.67 bits per heavy atom. The Morgan fingerprint density at radius 1 is 0.944 bits per heavy atom. The Morgan fingerprint density at radius 2 is 1.39 bits per heavy atom. The van der Waals surface area contributed by atoms with E-state index in [0.717, 1.165) is 25.0 Å². The highest BCUT2D eigenvalue weighted by molar-refractivity contribution is 6.60. The Kier molecular flexibility index (Phi) is 15.8. The first kappa shape index (κ1) is 19.7. The summed E-state index contributed by atoms with van der Waals surface area (Å²) in [5.74, 6) is 0. The van der Waals surface area contributed by atoms with Crippen LogP contribution in [0.15, 0.2) is 0 Å². The van der Waals surface area contributed by atoms with Crippen LogP contribution in [-0.4, -0.2) is 49.3 Å². The summed E-state index contributed by atoms with van der Waals surface area (Å²) >= 11 is 0. The molecule has 0 saturated heterocycles. The second kappa shape index (κ2) is 14.5. The van der Waals surface area contributed by atoms with E-state index in [2.05, 4.69) is 0 Å². The second-order valence-corrected chi connectivity index (χ2v) is 6.54. The van der Waals surface area contributed by atoms with Crippen LogP contribution in [0, 0.1) is 0 Å². The highest BCUT2D eigenvalue weighted by Crippen LogP contribution is 2.13. The number of unbranched alkanes of at least 4 members (excludes halogenated alkanes) is 2. The largest absolute Gasteiger partial charge is 0.500 e. The van der Waals surface area contributed by atoms with Gasteiger partial charge in [0.15, 0.2) is 0 Å². The maximum atomic E-state index is 9.56. The highest BCUT2D eigenvalue weighted by Gasteiger charge is 2.36. The van der Waals surface area contributed by atoms with Gasteiger partial charge < -0.3 is 28.6 Å². The van der Waals surface area contributed by atoms with Gasteiger partial charge in [0.1, 0.15) is 12.6 Å². The molecule has 0 radical (unpaired) electrons. The summed E-state index contributed by atoms with van der Waals surface area (Å²) in [5.41, 5.74) is 5.36. The van der Waals surface area contributed by atoms with E-state index in [1.807, 2.05) is 0 Å². The van der Waals surface area contributed by atoms with Gasteiger partial charge in [0.05, 0.1) is 0 Å². The third kappa shape index (κ3) is 10.5.